The van der Waals surface area contributed by atoms with Gasteiger partial charge in [0, 0.05) is 30.5 Å². The predicted octanol–water partition coefficient (Wildman–Crippen LogP) is 0.462. The fourth-order valence-electron chi connectivity index (χ4n) is 2.21. The van der Waals surface area contributed by atoms with E-state index in [4.69, 9.17) is 9.84 Å². The van der Waals surface area contributed by atoms with E-state index in [9.17, 15) is 14.9 Å². The first kappa shape index (κ1) is 19.3. The average molecular weight is 368 g/mol. The van der Waals surface area contributed by atoms with Gasteiger partial charge in [-0.1, -0.05) is 6.07 Å². The molecule has 1 aliphatic heterocycles. The Balaban J connectivity index is 1.92. The second-order valence-electron chi connectivity index (χ2n) is 5.24. The smallest absolute Gasteiger partial charge is 0.283 e. The summed E-state index contributed by atoms with van der Waals surface area (Å²) >= 11 is 1.21. The van der Waals surface area contributed by atoms with Crippen LogP contribution in [0, 0.1) is 10.1 Å². The molecule has 0 spiro atoms. The maximum atomic E-state index is 11.8. The van der Waals surface area contributed by atoms with Crippen LogP contribution in [0.2, 0.25) is 0 Å². The summed E-state index contributed by atoms with van der Waals surface area (Å²) in [7, 11) is 0. The Hall–Kier alpha value is -2.01. The van der Waals surface area contributed by atoms with E-state index >= 15 is 0 Å². The number of rotatable bonds is 8. The third kappa shape index (κ3) is 6.42. The lowest BCUT2D eigenvalue weighted by Gasteiger charge is -2.25. The number of carbonyl (C=O) groups is 1. The van der Waals surface area contributed by atoms with Gasteiger partial charge in [0.2, 0.25) is 0 Å². The molecule has 0 bridgehead atoms. The van der Waals surface area contributed by atoms with Gasteiger partial charge in [0.25, 0.3) is 11.6 Å². The number of thioether (sulfide) groups is 1. The van der Waals surface area contributed by atoms with Crippen LogP contribution in [-0.2, 0) is 9.53 Å². The van der Waals surface area contributed by atoms with Crippen molar-refractivity contribution in [2.75, 3.05) is 45.2 Å². The first-order valence-corrected chi connectivity index (χ1v) is 8.73. The number of ether oxygens (including phenoxy) is 1. The van der Waals surface area contributed by atoms with E-state index in [1.54, 1.807) is 12.1 Å². The van der Waals surface area contributed by atoms with Crippen molar-refractivity contribution in [3.05, 3.63) is 33.9 Å². The predicted molar refractivity (Wildman–Crippen MR) is 93.9 cm³/mol. The molecule has 1 heterocycles. The highest BCUT2D eigenvalue weighted by molar-refractivity contribution is 7.99. The number of morpholine rings is 1. The van der Waals surface area contributed by atoms with Gasteiger partial charge in [-0.15, -0.1) is 11.8 Å². The molecule has 2 rings (SSSR count). The molecule has 2 N–H and O–H groups in total. The molecule has 1 aromatic rings. The van der Waals surface area contributed by atoms with Crippen molar-refractivity contribution < 1.29 is 19.6 Å². The number of nitro benzene ring substituents is 1. The Labute approximate surface area is 149 Å². The second kappa shape index (κ2) is 10.1. The molecule has 25 heavy (non-hydrogen) atoms. The Morgan fingerprint density at radius 2 is 2.24 bits per heavy atom. The summed E-state index contributed by atoms with van der Waals surface area (Å²) in [4.78, 5) is 24.9. The number of nitrogens with zero attached hydrogens (tertiary/aromatic N) is 3. The molecule has 0 saturated carbocycles. The molecule has 136 valence electrons. The summed E-state index contributed by atoms with van der Waals surface area (Å²) < 4.78 is 5.21. The number of hydrogen-bond donors (Lipinski definition) is 2. The van der Waals surface area contributed by atoms with Gasteiger partial charge in [-0.05, 0) is 6.07 Å². The number of nitro groups is 1. The topological polar surface area (TPSA) is 117 Å². The number of carbonyl (C=O) groups excluding carboxylic acids is 1. The van der Waals surface area contributed by atoms with Gasteiger partial charge in [0.15, 0.2) is 0 Å². The maximum absolute atomic E-state index is 11.8. The highest BCUT2D eigenvalue weighted by atomic mass is 32.2. The molecule has 0 aromatic heterocycles. The number of nitrogens with one attached hydrogen (secondary N) is 1. The summed E-state index contributed by atoms with van der Waals surface area (Å²) in [5, 5.41) is 23.8. The molecule has 0 aliphatic carbocycles. The minimum absolute atomic E-state index is 0.0537. The minimum atomic E-state index is -0.478. The van der Waals surface area contributed by atoms with Crippen molar-refractivity contribution in [2.45, 2.75) is 4.90 Å². The minimum Gasteiger partial charge on any atom is -0.396 e. The van der Waals surface area contributed by atoms with Gasteiger partial charge in [0.05, 0.1) is 42.4 Å². The fourth-order valence-corrected chi connectivity index (χ4v) is 2.97. The van der Waals surface area contributed by atoms with E-state index in [0.29, 0.717) is 42.5 Å². The summed E-state index contributed by atoms with van der Waals surface area (Å²) in [5.74, 6) is 0.133. The van der Waals surface area contributed by atoms with E-state index < -0.39 is 4.92 Å². The first-order chi connectivity index (χ1) is 12.1. The molecule has 1 fully saturated rings. The molecule has 1 amide bonds. The zero-order valence-corrected chi connectivity index (χ0v) is 14.4. The van der Waals surface area contributed by atoms with Gasteiger partial charge >= 0.3 is 0 Å². The Morgan fingerprint density at radius 1 is 1.48 bits per heavy atom. The zero-order chi connectivity index (χ0) is 18.1. The molecule has 10 heteroatoms. The maximum Gasteiger partial charge on any atom is 0.283 e. The van der Waals surface area contributed by atoms with Gasteiger partial charge in [-0.25, -0.2) is 5.43 Å². The molecule has 1 aromatic carbocycles. The largest absolute Gasteiger partial charge is 0.396 e. The third-order valence-corrected chi connectivity index (χ3v) is 4.45. The van der Waals surface area contributed by atoms with Gasteiger partial charge in [0.1, 0.15) is 0 Å². The number of aliphatic hydroxyl groups is 1. The normalized spacial score (nSPS) is 15.4. The number of hydrogen-bond acceptors (Lipinski definition) is 8. The lowest BCUT2D eigenvalue weighted by atomic mass is 10.2. The first-order valence-electron chi connectivity index (χ1n) is 7.74. The quantitative estimate of drug-likeness (QED) is 0.296. The van der Waals surface area contributed by atoms with Crippen LogP contribution in [0.15, 0.2) is 28.2 Å². The van der Waals surface area contributed by atoms with Crippen molar-refractivity contribution in [3.8, 4) is 0 Å². The third-order valence-electron chi connectivity index (χ3n) is 3.40. The molecule has 1 aliphatic rings. The zero-order valence-electron chi connectivity index (χ0n) is 13.6. The highest BCUT2D eigenvalue weighted by Gasteiger charge is 2.15. The van der Waals surface area contributed by atoms with Crippen LogP contribution < -0.4 is 5.43 Å². The van der Waals surface area contributed by atoms with E-state index in [1.165, 1.54) is 24.0 Å². The van der Waals surface area contributed by atoms with Crippen molar-refractivity contribution in [2.24, 2.45) is 5.10 Å². The molecule has 0 unspecified atom stereocenters. The monoisotopic (exact) mass is 368 g/mol. The van der Waals surface area contributed by atoms with Crippen LogP contribution in [0.4, 0.5) is 5.69 Å². The molecule has 0 atom stereocenters. The summed E-state index contributed by atoms with van der Waals surface area (Å²) in [6, 6.07) is 4.66. The van der Waals surface area contributed by atoms with E-state index in [0.717, 1.165) is 0 Å². The Kier molecular flexibility index (Phi) is 7.79. The van der Waals surface area contributed by atoms with Crippen LogP contribution in [-0.4, -0.2) is 72.3 Å². The Morgan fingerprint density at radius 3 is 2.92 bits per heavy atom. The number of hydrazone groups is 1. The van der Waals surface area contributed by atoms with Crippen molar-refractivity contribution in [1.29, 1.82) is 0 Å². The molecule has 9 nitrogen and oxygen atoms in total. The summed E-state index contributed by atoms with van der Waals surface area (Å²) in [6.07, 6.45) is 1.37. The van der Waals surface area contributed by atoms with Gasteiger partial charge in [-0.2, -0.15) is 5.10 Å². The SMILES string of the molecule is O=C(CN1CCOCC1)N/N=C\c1ccc(SCCO)c([N+](=O)[O-])c1. The van der Waals surface area contributed by atoms with Crippen molar-refractivity contribution in [1.82, 2.24) is 10.3 Å². The highest BCUT2D eigenvalue weighted by Crippen LogP contribution is 2.29. The summed E-state index contributed by atoms with van der Waals surface area (Å²) in [5.41, 5.74) is 2.87. The van der Waals surface area contributed by atoms with Crippen molar-refractivity contribution >= 4 is 29.6 Å². The average Bonchev–Trinajstić information content (AvgIpc) is 2.61. The Bertz CT molecular complexity index is 634. The lowest BCUT2D eigenvalue weighted by Crippen LogP contribution is -2.42. The van der Waals surface area contributed by atoms with E-state index in [2.05, 4.69) is 10.5 Å². The van der Waals surface area contributed by atoms with E-state index in [-0.39, 0.29) is 24.7 Å². The molecular formula is C15H20N4O5S. The van der Waals surface area contributed by atoms with Gasteiger partial charge < -0.3 is 9.84 Å². The molecule has 0 radical (unpaired) electrons. The van der Waals surface area contributed by atoms with Crippen LogP contribution in [0.5, 0.6) is 0 Å². The van der Waals surface area contributed by atoms with Crippen LogP contribution in [0.1, 0.15) is 5.56 Å². The van der Waals surface area contributed by atoms with Crippen LogP contribution >= 0.6 is 11.8 Å². The lowest BCUT2D eigenvalue weighted by molar-refractivity contribution is -0.387. The summed E-state index contributed by atoms with van der Waals surface area (Å²) in [6.45, 7) is 2.81. The standard InChI is InChI=1S/C15H20N4O5S/c20-5-8-25-14-2-1-12(9-13(14)19(22)23)10-16-17-15(21)11-18-3-6-24-7-4-18/h1-2,9-10,20H,3-8,11H2,(H,17,21)/b16-10-. The second-order valence-corrected chi connectivity index (χ2v) is 6.37. The van der Waals surface area contributed by atoms with Crippen LogP contribution in [0.3, 0.4) is 0 Å². The molecular weight excluding hydrogens is 348 g/mol. The fraction of sp³-hybridized carbons (Fsp3) is 0.467. The number of benzene rings is 1. The van der Waals surface area contributed by atoms with Crippen LogP contribution in [0.25, 0.3) is 0 Å². The van der Waals surface area contributed by atoms with Gasteiger partial charge in [-0.3, -0.25) is 19.8 Å². The molecule has 1 saturated heterocycles. The number of amides is 1. The number of aliphatic hydroxyl groups excluding tert-OH is 1. The van der Waals surface area contributed by atoms with E-state index in [1.807, 2.05) is 4.90 Å². The van der Waals surface area contributed by atoms with Crippen molar-refractivity contribution in [3.63, 3.8) is 0 Å².